The Morgan fingerprint density at radius 1 is 1.17 bits per heavy atom. The average molecular weight is 313 g/mol. The third-order valence-electron chi connectivity index (χ3n) is 3.65. The molecule has 1 aromatic carbocycles. The van der Waals surface area contributed by atoms with Crippen molar-refractivity contribution in [3.63, 3.8) is 0 Å². The van der Waals surface area contributed by atoms with Crippen LogP contribution in [-0.4, -0.2) is 29.8 Å². The molecule has 0 aliphatic heterocycles. The van der Waals surface area contributed by atoms with Gasteiger partial charge >= 0.3 is 11.9 Å². The molecule has 1 aromatic heterocycles. The number of nitrogens with zero attached hydrogens (tertiary/aromatic N) is 1. The first-order valence-electron chi connectivity index (χ1n) is 6.92. The van der Waals surface area contributed by atoms with Crippen LogP contribution in [0.3, 0.4) is 0 Å². The number of imide groups is 1. The van der Waals surface area contributed by atoms with E-state index >= 15 is 0 Å². The highest BCUT2D eigenvalue weighted by Gasteiger charge is 2.47. The van der Waals surface area contributed by atoms with Crippen molar-refractivity contribution in [2.24, 2.45) is 5.73 Å². The predicted octanol–water partition coefficient (Wildman–Crippen LogP) is 2.28. The van der Waals surface area contributed by atoms with E-state index in [-0.39, 0.29) is 5.76 Å². The minimum atomic E-state index is -1.14. The van der Waals surface area contributed by atoms with Crippen molar-refractivity contribution in [3.05, 3.63) is 66.1 Å². The number of benzene rings is 1. The van der Waals surface area contributed by atoms with Crippen LogP contribution in [0.5, 0.6) is 0 Å². The molecule has 0 spiro atoms. The number of nitrogens with two attached hydrogens (primary N) is 1. The topological polar surface area (TPSA) is 90.4 Å². The predicted molar refractivity (Wildman–Crippen MR) is 83.8 cm³/mol. The average Bonchev–Trinajstić information content (AvgIpc) is 3.07. The summed E-state index contributed by atoms with van der Waals surface area (Å²) in [6.07, 6.45) is 4.64. The Balaban J connectivity index is 2.36. The van der Waals surface area contributed by atoms with Crippen molar-refractivity contribution in [2.45, 2.75) is 6.04 Å². The summed E-state index contributed by atoms with van der Waals surface area (Å²) >= 11 is 0. The quantitative estimate of drug-likeness (QED) is 0.521. The second-order valence-corrected chi connectivity index (χ2v) is 5.09. The molecular weight excluding hydrogens is 296 g/mol. The van der Waals surface area contributed by atoms with Crippen LogP contribution in [0.15, 0.2) is 59.2 Å². The zero-order valence-corrected chi connectivity index (χ0v) is 12.6. The molecule has 6 heteroatoms. The van der Waals surface area contributed by atoms with Gasteiger partial charge in [-0.05, 0) is 23.8 Å². The number of hydrogen-bond acceptors (Lipinski definition) is 4. The van der Waals surface area contributed by atoms with Gasteiger partial charge in [0.25, 0.3) is 0 Å². The molecule has 118 valence electrons. The van der Waals surface area contributed by atoms with Crippen molar-refractivity contribution >= 4 is 24.3 Å². The Hall–Kier alpha value is -2.99. The van der Waals surface area contributed by atoms with Crippen molar-refractivity contribution < 1.29 is 23.3 Å². The van der Waals surface area contributed by atoms with Gasteiger partial charge in [-0.2, -0.15) is 4.48 Å². The smallest absolute Gasteiger partial charge is 0.422 e. The fraction of sp³-hybridized carbons (Fsp3) is 0.118. The monoisotopic (exact) mass is 313 g/mol. The maximum Gasteiger partial charge on any atom is 0.422 e. The highest BCUT2D eigenvalue weighted by molar-refractivity contribution is 5.94. The maximum atomic E-state index is 12.6. The van der Waals surface area contributed by atoms with E-state index in [0.717, 1.165) is 5.56 Å². The van der Waals surface area contributed by atoms with E-state index in [9.17, 15) is 14.4 Å². The largest absolute Gasteiger partial charge is 0.462 e. The van der Waals surface area contributed by atoms with Crippen molar-refractivity contribution in [2.75, 3.05) is 7.05 Å². The van der Waals surface area contributed by atoms with Crippen molar-refractivity contribution in [1.82, 2.24) is 0 Å². The molecule has 0 aliphatic rings. The molecule has 1 heterocycles. The normalized spacial score (nSPS) is 15.0. The lowest BCUT2D eigenvalue weighted by Gasteiger charge is -2.29. The summed E-state index contributed by atoms with van der Waals surface area (Å²) in [5.41, 5.74) is 6.19. The number of rotatable bonds is 5. The van der Waals surface area contributed by atoms with Crippen LogP contribution < -0.4 is 5.73 Å². The van der Waals surface area contributed by atoms with Crippen LogP contribution in [-0.2, 0) is 9.59 Å². The van der Waals surface area contributed by atoms with Gasteiger partial charge in [0.15, 0.2) is 12.0 Å². The fourth-order valence-electron chi connectivity index (χ4n) is 2.17. The lowest BCUT2D eigenvalue weighted by atomic mass is 10.1. The minimum absolute atomic E-state index is 0.197. The number of primary amides is 1. The first-order chi connectivity index (χ1) is 11.0. The van der Waals surface area contributed by atoms with E-state index in [2.05, 4.69) is 0 Å². The summed E-state index contributed by atoms with van der Waals surface area (Å²) in [4.78, 5) is 35.9. The molecular formula is C17H17N2O4+. The van der Waals surface area contributed by atoms with Gasteiger partial charge in [-0.3, -0.25) is 4.79 Å². The van der Waals surface area contributed by atoms with Gasteiger partial charge in [0.1, 0.15) is 0 Å². The summed E-state index contributed by atoms with van der Waals surface area (Å²) in [7, 11) is 1.29. The third-order valence-corrected chi connectivity index (χ3v) is 3.65. The molecule has 0 radical (unpaired) electrons. The molecule has 2 rings (SSSR count). The van der Waals surface area contributed by atoms with Crippen LogP contribution in [0.4, 0.5) is 4.79 Å². The SMILES string of the molecule is C[N+](C(N)=O)(C(=O)C=Cc1ccccc1)C(C=O)c1ccco1. The number of urea groups is 1. The number of hydrogen-bond donors (Lipinski definition) is 1. The highest BCUT2D eigenvalue weighted by atomic mass is 16.3. The summed E-state index contributed by atoms with van der Waals surface area (Å²) in [6.45, 7) is 0. The fourth-order valence-corrected chi connectivity index (χ4v) is 2.17. The van der Waals surface area contributed by atoms with Gasteiger partial charge < -0.3 is 10.2 Å². The van der Waals surface area contributed by atoms with Gasteiger partial charge in [-0.25, -0.2) is 9.59 Å². The Kier molecular flexibility index (Phi) is 4.88. The standard InChI is InChI=1S/C17H16N2O4/c1-19(17(18)22,14(12-20)15-8-5-11-23-15)16(21)10-9-13-6-3-2-4-7-13/h2-12,14H,1H3,(H-,18,22)/p+1. The molecule has 6 nitrogen and oxygen atoms in total. The van der Waals surface area contributed by atoms with E-state index in [1.807, 2.05) is 30.3 Å². The number of quaternary nitrogens is 1. The van der Waals surface area contributed by atoms with E-state index in [1.54, 1.807) is 12.1 Å². The maximum absolute atomic E-state index is 12.6. The number of carbonyl (C=O) groups excluding carboxylic acids is 3. The van der Waals surface area contributed by atoms with Gasteiger partial charge in [0, 0.05) is 6.08 Å². The lowest BCUT2D eigenvalue weighted by Crippen LogP contribution is -2.58. The lowest BCUT2D eigenvalue weighted by molar-refractivity contribution is -0.772. The molecule has 2 atom stereocenters. The molecule has 2 unspecified atom stereocenters. The number of amides is 3. The Morgan fingerprint density at radius 3 is 2.39 bits per heavy atom. The molecule has 2 aromatic rings. The molecule has 0 saturated heterocycles. The molecule has 0 aliphatic carbocycles. The summed E-state index contributed by atoms with van der Waals surface area (Å²) in [5, 5.41) is 0. The van der Waals surface area contributed by atoms with Gasteiger partial charge in [-0.1, -0.05) is 30.3 Å². The number of likely N-dealkylation sites (N-methyl/N-ethyl adjacent to an activating group) is 1. The van der Waals surface area contributed by atoms with Crippen LogP contribution >= 0.6 is 0 Å². The summed E-state index contributed by atoms with van der Waals surface area (Å²) in [5.74, 6) is -0.419. The minimum Gasteiger partial charge on any atom is -0.462 e. The zero-order valence-electron chi connectivity index (χ0n) is 12.6. The molecule has 0 fully saturated rings. The van der Waals surface area contributed by atoms with Crippen LogP contribution in [0.1, 0.15) is 17.4 Å². The van der Waals surface area contributed by atoms with Gasteiger partial charge in [0.2, 0.25) is 6.04 Å². The zero-order chi connectivity index (χ0) is 16.9. The first kappa shape index (κ1) is 16.4. The summed E-state index contributed by atoms with van der Waals surface area (Å²) < 4.78 is 4.23. The van der Waals surface area contributed by atoms with Gasteiger partial charge in [0.05, 0.1) is 13.3 Å². The van der Waals surface area contributed by atoms with Crippen molar-refractivity contribution in [1.29, 1.82) is 0 Å². The van der Waals surface area contributed by atoms with Crippen LogP contribution in [0, 0.1) is 0 Å². The summed E-state index contributed by atoms with van der Waals surface area (Å²) in [6, 6.07) is 10.1. The number of aldehydes is 1. The van der Waals surface area contributed by atoms with E-state index in [0.29, 0.717) is 6.29 Å². The molecule has 2 N–H and O–H groups in total. The molecule has 23 heavy (non-hydrogen) atoms. The highest BCUT2D eigenvalue weighted by Crippen LogP contribution is 2.26. The van der Waals surface area contributed by atoms with E-state index in [1.165, 1.54) is 25.5 Å². The second-order valence-electron chi connectivity index (χ2n) is 5.09. The Labute approximate surface area is 133 Å². The van der Waals surface area contributed by atoms with Crippen LogP contribution in [0.25, 0.3) is 6.08 Å². The van der Waals surface area contributed by atoms with Crippen LogP contribution in [0.2, 0.25) is 0 Å². The third kappa shape index (κ3) is 3.27. The molecule has 3 amide bonds. The van der Waals surface area contributed by atoms with Gasteiger partial charge in [-0.15, -0.1) is 0 Å². The second kappa shape index (κ2) is 6.85. The van der Waals surface area contributed by atoms with Crippen molar-refractivity contribution in [3.8, 4) is 0 Å². The molecule has 0 bridgehead atoms. The van der Waals surface area contributed by atoms with E-state index < -0.39 is 22.5 Å². The first-order valence-corrected chi connectivity index (χ1v) is 6.92. The van der Waals surface area contributed by atoms with E-state index in [4.69, 9.17) is 10.2 Å². The number of furan rings is 1. The Bertz CT molecular complexity index is 722. The number of carbonyl (C=O) groups is 3. The molecule has 0 saturated carbocycles. The Morgan fingerprint density at radius 2 is 1.87 bits per heavy atom.